The van der Waals surface area contributed by atoms with E-state index in [0.717, 1.165) is 18.4 Å². The van der Waals surface area contributed by atoms with E-state index in [1.165, 1.54) is 19.3 Å². The molecule has 2 heterocycles. The molecule has 3 aromatic rings. The highest BCUT2D eigenvalue weighted by Crippen LogP contribution is 2.26. The minimum atomic E-state index is -0.906. The third-order valence-corrected chi connectivity index (χ3v) is 5.54. The number of nitrogens with zero attached hydrogens (tertiary/aromatic N) is 3. The summed E-state index contributed by atoms with van der Waals surface area (Å²) in [6, 6.07) is 6.86. The number of imidazole rings is 1. The van der Waals surface area contributed by atoms with E-state index in [4.69, 9.17) is 10.1 Å². The van der Waals surface area contributed by atoms with Crippen LogP contribution in [0.25, 0.3) is 22.6 Å². The van der Waals surface area contributed by atoms with Crippen LogP contribution in [0.3, 0.4) is 0 Å². The second-order valence-corrected chi connectivity index (χ2v) is 7.66. The third-order valence-electron chi connectivity index (χ3n) is 5.54. The van der Waals surface area contributed by atoms with Gasteiger partial charge in [-0.25, -0.2) is 19.6 Å². The summed E-state index contributed by atoms with van der Waals surface area (Å²) in [6.07, 6.45) is 6.65. The molecular weight excluding hydrogens is 398 g/mol. The Morgan fingerprint density at radius 3 is 2.68 bits per heavy atom. The fourth-order valence-electron chi connectivity index (χ4n) is 3.94. The molecule has 1 aliphatic carbocycles. The highest BCUT2D eigenvalue weighted by molar-refractivity contribution is 5.97. The largest absolute Gasteiger partial charge is 0.515 e. The van der Waals surface area contributed by atoms with Gasteiger partial charge < -0.3 is 9.47 Å². The van der Waals surface area contributed by atoms with Crippen LogP contribution >= 0.6 is 0 Å². The van der Waals surface area contributed by atoms with E-state index in [0.29, 0.717) is 35.0 Å². The molecular formula is C22H25N5O4. The van der Waals surface area contributed by atoms with Gasteiger partial charge in [-0.15, -0.1) is 0 Å². The number of fused-ring (bicyclic) bond motifs is 1. The zero-order chi connectivity index (χ0) is 21.8. The molecule has 0 saturated heterocycles. The standard InChI is InChI=1S/C22H25N5O4/c1-2-30-22(29)31-18(23)16-10-8-15(9-11-16)17-12-24-19-20(25-17)27(21(28)26-19)13-14-6-4-3-5-7-14/h8-12,14,23H,2-7,13H2,1H3,(H,24,26,28). The summed E-state index contributed by atoms with van der Waals surface area (Å²) in [5.74, 6) is 0.194. The van der Waals surface area contributed by atoms with E-state index >= 15 is 0 Å². The van der Waals surface area contributed by atoms with Gasteiger partial charge in [0.25, 0.3) is 0 Å². The topological polar surface area (TPSA) is 123 Å². The zero-order valence-corrected chi connectivity index (χ0v) is 17.4. The third kappa shape index (κ3) is 4.65. The molecule has 0 spiro atoms. The summed E-state index contributed by atoms with van der Waals surface area (Å²) in [6.45, 7) is 2.49. The zero-order valence-electron chi connectivity index (χ0n) is 17.4. The molecule has 162 valence electrons. The van der Waals surface area contributed by atoms with Crippen molar-refractivity contribution in [2.24, 2.45) is 5.92 Å². The highest BCUT2D eigenvalue weighted by Gasteiger charge is 2.18. The van der Waals surface area contributed by atoms with Crippen LogP contribution in [0.4, 0.5) is 4.79 Å². The Bertz CT molecular complexity index is 1140. The summed E-state index contributed by atoms with van der Waals surface area (Å²) in [4.78, 5) is 35.7. The number of carbonyl (C=O) groups excluding carboxylic acids is 1. The van der Waals surface area contributed by atoms with Crippen molar-refractivity contribution in [2.75, 3.05) is 6.61 Å². The first-order valence-corrected chi connectivity index (χ1v) is 10.5. The van der Waals surface area contributed by atoms with Gasteiger partial charge in [-0.2, -0.15) is 0 Å². The van der Waals surface area contributed by atoms with E-state index in [-0.39, 0.29) is 18.2 Å². The molecule has 1 aliphatic rings. The van der Waals surface area contributed by atoms with E-state index in [1.807, 2.05) is 0 Å². The molecule has 9 heteroatoms. The normalized spacial score (nSPS) is 14.5. The molecule has 0 radical (unpaired) electrons. The Morgan fingerprint density at radius 1 is 1.23 bits per heavy atom. The summed E-state index contributed by atoms with van der Waals surface area (Å²) in [5.41, 5.74) is 2.67. The number of aromatic amines is 1. The van der Waals surface area contributed by atoms with E-state index < -0.39 is 6.16 Å². The van der Waals surface area contributed by atoms with Crippen molar-refractivity contribution in [1.29, 1.82) is 5.41 Å². The first-order valence-electron chi connectivity index (χ1n) is 10.5. The maximum Gasteiger partial charge on any atom is 0.515 e. The Morgan fingerprint density at radius 2 is 1.97 bits per heavy atom. The van der Waals surface area contributed by atoms with Gasteiger partial charge >= 0.3 is 11.8 Å². The van der Waals surface area contributed by atoms with Crippen molar-refractivity contribution in [3.05, 3.63) is 46.5 Å². The van der Waals surface area contributed by atoms with E-state index in [2.05, 4.69) is 19.7 Å². The van der Waals surface area contributed by atoms with E-state index in [9.17, 15) is 9.59 Å². The van der Waals surface area contributed by atoms with Crippen molar-refractivity contribution in [3.63, 3.8) is 0 Å². The van der Waals surface area contributed by atoms with Crippen LogP contribution < -0.4 is 5.69 Å². The fourth-order valence-corrected chi connectivity index (χ4v) is 3.94. The molecule has 0 amide bonds. The summed E-state index contributed by atoms with van der Waals surface area (Å²) >= 11 is 0. The minimum absolute atomic E-state index is 0.178. The van der Waals surface area contributed by atoms with Crippen LogP contribution in [-0.4, -0.2) is 38.2 Å². The minimum Gasteiger partial charge on any atom is -0.434 e. The van der Waals surface area contributed by atoms with Gasteiger partial charge in [-0.3, -0.25) is 15.0 Å². The lowest BCUT2D eigenvalue weighted by Crippen LogP contribution is -2.23. The molecule has 0 aliphatic heterocycles. The number of ether oxygens (including phenoxy) is 2. The fraction of sp³-hybridized carbons (Fsp3) is 0.409. The van der Waals surface area contributed by atoms with Gasteiger partial charge in [0.15, 0.2) is 11.3 Å². The van der Waals surface area contributed by atoms with Crippen LogP contribution in [0, 0.1) is 11.3 Å². The number of benzene rings is 1. The predicted molar refractivity (Wildman–Crippen MR) is 115 cm³/mol. The van der Waals surface area contributed by atoms with Crippen LogP contribution in [-0.2, 0) is 16.0 Å². The average molecular weight is 423 g/mol. The van der Waals surface area contributed by atoms with Gasteiger partial charge in [-0.1, -0.05) is 31.4 Å². The molecule has 31 heavy (non-hydrogen) atoms. The number of rotatable bonds is 5. The maximum atomic E-state index is 12.5. The monoisotopic (exact) mass is 423 g/mol. The molecule has 2 N–H and O–H groups in total. The van der Waals surface area contributed by atoms with Gasteiger partial charge in [0.05, 0.1) is 18.5 Å². The molecule has 2 aromatic heterocycles. The average Bonchev–Trinajstić information content (AvgIpc) is 3.09. The van der Waals surface area contributed by atoms with Crippen molar-refractivity contribution in [1.82, 2.24) is 19.5 Å². The van der Waals surface area contributed by atoms with E-state index in [1.54, 1.807) is 42.0 Å². The predicted octanol–water partition coefficient (Wildman–Crippen LogP) is 3.87. The number of aromatic nitrogens is 4. The molecule has 0 bridgehead atoms. The van der Waals surface area contributed by atoms with Gasteiger partial charge in [-0.05, 0) is 37.8 Å². The van der Waals surface area contributed by atoms with Crippen LogP contribution in [0.2, 0.25) is 0 Å². The quantitative estimate of drug-likeness (QED) is 0.365. The second-order valence-electron chi connectivity index (χ2n) is 7.66. The highest BCUT2D eigenvalue weighted by atomic mass is 16.7. The summed E-state index contributed by atoms with van der Waals surface area (Å²) in [5, 5.41) is 7.88. The Hall–Kier alpha value is -3.49. The number of nitrogens with one attached hydrogen (secondary N) is 2. The first-order chi connectivity index (χ1) is 15.0. The Kier molecular flexibility index (Phi) is 6.11. The smallest absolute Gasteiger partial charge is 0.434 e. The van der Waals surface area contributed by atoms with Crippen molar-refractivity contribution >= 4 is 23.3 Å². The van der Waals surface area contributed by atoms with Crippen LogP contribution in [0.15, 0.2) is 35.3 Å². The number of H-pyrrole nitrogens is 1. The first kappa shape index (κ1) is 20.8. The summed E-state index contributed by atoms with van der Waals surface area (Å²) in [7, 11) is 0. The molecule has 0 atom stereocenters. The lowest BCUT2D eigenvalue weighted by molar-refractivity contribution is 0.100. The van der Waals surface area contributed by atoms with Gasteiger partial charge in [0, 0.05) is 17.7 Å². The van der Waals surface area contributed by atoms with Crippen molar-refractivity contribution < 1.29 is 14.3 Å². The number of hydrogen-bond acceptors (Lipinski definition) is 7. The Labute approximate surface area is 178 Å². The number of carbonyl (C=O) groups is 1. The molecule has 4 rings (SSSR count). The van der Waals surface area contributed by atoms with Gasteiger partial charge in [0.1, 0.15) is 0 Å². The molecule has 1 aromatic carbocycles. The second kappa shape index (κ2) is 9.11. The maximum absolute atomic E-state index is 12.5. The molecule has 9 nitrogen and oxygen atoms in total. The lowest BCUT2D eigenvalue weighted by atomic mass is 9.89. The lowest BCUT2D eigenvalue weighted by Gasteiger charge is -2.21. The Balaban J connectivity index is 1.56. The van der Waals surface area contributed by atoms with Crippen molar-refractivity contribution in [2.45, 2.75) is 45.6 Å². The molecule has 0 unspecified atom stereocenters. The molecule has 1 fully saturated rings. The van der Waals surface area contributed by atoms with Crippen LogP contribution in [0.5, 0.6) is 0 Å². The number of hydrogen-bond donors (Lipinski definition) is 2. The molecule has 1 saturated carbocycles. The SMILES string of the molecule is CCOC(=O)OC(=N)c1ccc(-c2cnc3[nH]c(=O)n(CC4CCCCC4)c3n2)cc1. The van der Waals surface area contributed by atoms with Gasteiger partial charge in [0.2, 0.25) is 5.90 Å². The summed E-state index contributed by atoms with van der Waals surface area (Å²) < 4.78 is 11.2. The van der Waals surface area contributed by atoms with Crippen LogP contribution in [0.1, 0.15) is 44.6 Å². The van der Waals surface area contributed by atoms with Crippen molar-refractivity contribution in [3.8, 4) is 11.3 Å².